The van der Waals surface area contributed by atoms with E-state index in [9.17, 15) is 14.7 Å². The van der Waals surface area contributed by atoms with E-state index in [1.807, 2.05) is 19.1 Å². The first-order chi connectivity index (χ1) is 16.4. The minimum Gasteiger partial charge on any atom is -0.508 e. The number of nitrogens with zero attached hydrogens (tertiary/aromatic N) is 4. The first-order valence-electron chi connectivity index (χ1n) is 10.7. The van der Waals surface area contributed by atoms with Crippen molar-refractivity contribution in [2.75, 3.05) is 12.4 Å². The minimum absolute atomic E-state index is 0.0756. The lowest BCUT2D eigenvalue weighted by Gasteiger charge is -2.16. The molecule has 0 amide bonds. The zero-order valence-electron chi connectivity index (χ0n) is 18.9. The van der Waals surface area contributed by atoms with Gasteiger partial charge in [-0.05, 0) is 53.9 Å². The normalized spacial score (nSPS) is 10.8. The van der Waals surface area contributed by atoms with E-state index >= 15 is 0 Å². The standard InChI is InChI=1S/C25H25N5O4/c1-17-20(4-3-13-26-17)14-27-23-28-24(32)30(16-19-7-11-22(34-2)12-8-19)25(33)29(23)15-18-5-9-21(31)10-6-18/h3-13,31H,14-16H2,1-2H3,(H,27,28,32). The molecule has 34 heavy (non-hydrogen) atoms. The summed E-state index contributed by atoms with van der Waals surface area (Å²) in [4.78, 5) is 34.7. The molecule has 2 heterocycles. The van der Waals surface area contributed by atoms with Crippen LogP contribution in [-0.2, 0) is 19.6 Å². The molecule has 0 spiro atoms. The molecule has 0 unspecified atom stereocenters. The minimum atomic E-state index is -0.645. The number of anilines is 1. The first kappa shape index (κ1) is 22.8. The van der Waals surface area contributed by atoms with E-state index in [1.54, 1.807) is 61.8 Å². The number of aryl methyl sites for hydroxylation is 1. The van der Waals surface area contributed by atoms with Gasteiger partial charge in [-0.3, -0.25) is 9.55 Å². The SMILES string of the molecule is COc1ccc(Cn2c(=O)nc(NCc3cccnc3C)n(Cc3ccc(O)cc3)c2=O)cc1. The molecule has 0 radical (unpaired) electrons. The van der Waals surface area contributed by atoms with Gasteiger partial charge in [0.2, 0.25) is 5.95 Å². The van der Waals surface area contributed by atoms with Crippen LogP contribution in [-0.4, -0.2) is 31.3 Å². The van der Waals surface area contributed by atoms with E-state index in [4.69, 9.17) is 4.74 Å². The molecule has 0 aliphatic carbocycles. The highest BCUT2D eigenvalue weighted by Crippen LogP contribution is 2.14. The lowest BCUT2D eigenvalue weighted by atomic mass is 10.2. The van der Waals surface area contributed by atoms with Gasteiger partial charge in [-0.15, -0.1) is 0 Å². The summed E-state index contributed by atoms with van der Waals surface area (Å²) in [6.07, 6.45) is 1.71. The molecule has 0 atom stereocenters. The Morgan fingerprint density at radius 2 is 1.59 bits per heavy atom. The Morgan fingerprint density at radius 3 is 2.24 bits per heavy atom. The maximum Gasteiger partial charge on any atom is 0.355 e. The highest BCUT2D eigenvalue weighted by molar-refractivity contribution is 5.32. The first-order valence-corrected chi connectivity index (χ1v) is 10.7. The summed E-state index contributed by atoms with van der Waals surface area (Å²) < 4.78 is 7.69. The summed E-state index contributed by atoms with van der Waals surface area (Å²) in [6, 6.07) is 17.4. The van der Waals surface area contributed by atoms with Gasteiger partial charge >= 0.3 is 11.4 Å². The average molecular weight is 460 g/mol. The van der Waals surface area contributed by atoms with Gasteiger partial charge in [-0.25, -0.2) is 14.2 Å². The maximum absolute atomic E-state index is 13.4. The van der Waals surface area contributed by atoms with Gasteiger partial charge in [0, 0.05) is 18.4 Å². The van der Waals surface area contributed by atoms with Crippen LogP contribution in [0.25, 0.3) is 0 Å². The summed E-state index contributed by atoms with van der Waals surface area (Å²) >= 11 is 0. The summed E-state index contributed by atoms with van der Waals surface area (Å²) in [5.74, 6) is 0.977. The lowest BCUT2D eigenvalue weighted by Crippen LogP contribution is -2.43. The number of hydrogen-bond donors (Lipinski definition) is 2. The number of phenolic OH excluding ortho intramolecular Hbond substituents is 1. The number of nitrogens with one attached hydrogen (secondary N) is 1. The Morgan fingerprint density at radius 1 is 0.941 bits per heavy atom. The summed E-state index contributed by atoms with van der Waals surface area (Å²) in [5.41, 5.74) is 2.18. The van der Waals surface area contributed by atoms with Gasteiger partial charge < -0.3 is 15.2 Å². The molecular weight excluding hydrogens is 434 g/mol. The van der Waals surface area contributed by atoms with Crippen molar-refractivity contribution in [2.24, 2.45) is 0 Å². The Bertz CT molecular complexity index is 1390. The monoisotopic (exact) mass is 459 g/mol. The smallest absolute Gasteiger partial charge is 0.355 e. The van der Waals surface area contributed by atoms with Gasteiger partial charge in [0.05, 0.1) is 20.2 Å². The third kappa shape index (κ3) is 5.15. The number of rotatable bonds is 8. The molecule has 0 saturated heterocycles. The molecule has 9 nitrogen and oxygen atoms in total. The average Bonchev–Trinajstić information content (AvgIpc) is 2.85. The molecular formula is C25H25N5O4. The Balaban J connectivity index is 1.71. The van der Waals surface area contributed by atoms with Crippen LogP contribution in [0.15, 0.2) is 76.4 Å². The third-order valence-corrected chi connectivity index (χ3v) is 5.48. The molecule has 2 aromatic heterocycles. The topological polar surface area (TPSA) is 111 Å². The largest absolute Gasteiger partial charge is 0.508 e. The number of phenols is 1. The lowest BCUT2D eigenvalue weighted by molar-refractivity contribution is 0.414. The van der Waals surface area contributed by atoms with Crippen LogP contribution >= 0.6 is 0 Å². The zero-order chi connectivity index (χ0) is 24.1. The fourth-order valence-electron chi connectivity index (χ4n) is 3.52. The highest BCUT2D eigenvalue weighted by atomic mass is 16.5. The molecule has 0 bridgehead atoms. The molecule has 174 valence electrons. The molecule has 0 aliphatic rings. The second-order valence-corrected chi connectivity index (χ2v) is 7.79. The van der Waals surface area contributed by atoms with Crippen LogP contribution in [0.5, 0.6) is 11.5 Å². The van der Waals surface area contributed by atoms with E-state index in [1.165, 1.54) is 4.57 Å². The predicted molar refractivity (Wildman–Crippen MR) is 128 cm³/mol. The van der Waals surface area contributed by atoms with Crippen molar-refractivity contribution in [3.05, 3.63) is 110 Å². The van der Waals surface area contributed by atoms with Crippen LogP contribution in [0.2, 0.25) is 0 Å². The second kappa shape index (κ2) is 10.0. The van der Waals surface area contributed by atoms with Crippen LogP contribution in [0.4, 0.5) is 5.95 Å². The molecule has 4 aromatic rings. The summed E-state index contributed by atoms with van der Waals surface area (Å²) in [6.45, 7) is 2.49. The number of hydrogen-bond acceptors (Lipinski definition) is 7. The maximum atomic E-state index is 13.4. The second-order valence-electron chi connectivity index (χ2n) is 7.79. The molecule has 0 saturated carbocycles. The van der Waals surface area contributed by atoms with Gasteiger partial charge in [0.15, 0.2) is 0 Å². The Hall–Kier alpha value is -4.40. The fourth-order valence-corrected chi connectivity index (χ4v) is 3.52. The van der Waals surface area contributed by atoms with E-state index < -0.39 is 11.4 Å². The van der Waals surface area contributed by atoms with E-state index in [-0.39, 0.29) is 24.8 Å². The number of benzene rings is 2. The molecule has 2 aromatic carbocycles. The molecule has 0 fully saturated rings. The third-order valence-electron chi connectivity index (χ3n) is 5.48. The summed E-state index contributed by atoms with van der Waals surface area (Å²) in [5, 5.41) is 12.7. The van der Waals surface area contributed by atoms with Crippen molar-refractivity contribution in [1.29, 1.82) is 0 Å². The Kier molecular flexibility index (Phi) is 6.72. The number of aromatic hydroxyl groups is 1. The molecule has 0 aliphatic heterocycles. The predicted octanol–water partition coefficient (Wildman–Crippen LogP) is 2.53. The van der Waals surface area contributed by atoms with Crippen molar-refractivity contribution in [3.8, 4) is 11.5 Å². The van der Waals surface area contributed by atoms with Crippen molar-refractivity contribution < 1.29 is 9.84 Å². The highest BCUT2D eigenvalue weighted by Gasteiger charge is 2.15. The number of ether oxygens (including phenoxy) is 1. The van der Waals surface area contributed by atoms with Gasteiger partial charge in [-0.1, -0.05) is 30.3 Å². The molecule has 9 heteroatoms. The van der Waals surface area contributed by atoms with E-state index in [2.05, 4.69) is 15.3 Å². The van der Waals surface area contributed by atoms with Gasteiger partial charge in [0.25, 0.3) is 0 Å². The number of aromatic nitrogens is 4. The fraction of sp³-hybridized carbons (Fsp3) is 0.200. The van der Waals surface area contributed by atoms with Gasteiger partial charge in [0.1, 0.15) is 11.5 Å². The van der Waals surface area contributed by atoms with Crippen molar-refractivity contribution in [3.63, 3.8) is 0 Å². The number of methoxy groups -OCH3 is 1. The van der Waals surface area contributed by atoms with Crippen molar-refractivity contribution >= 4 is 5.95 Å². The Labute approximate surface area is 196 Å². The quantitative estimate of drug-likeness (QED) is 0.416. The van der Waals surface area contributed by atoms with Crippen molar-refractivity contribution in [1.82, 2.24) is 19.1 Å². The van der Waals surface area contributed by atoms with Crippen LogP contribution < -0.4 is 21.4 Å². The van der Waals surface area contributed by atoms with Crippen LogP contribution in [0.1, 0.15) is 22.4 Å². The summed E-state index contributed by atoms with van der Waals surface area (Å²) in [7, 11) is 1.57. The van der Waals surface area contributed by atoms with Crippen molar-refractivity contribution in [2.45, 2.75) is 26.6 Å². The molecule has 2 N–H and O–H groups in total. The van der Waals surface area contributed by atoms with Crippen LogP contribution in [0, 0.1) is 6.92 Å². The number of pyridine rings is 1. The van der Waals surface area contributed by atoms with Crippen LogP contribution in [0.3, 0.4) is 0 Å². The van der Waals surface area contributed by atoms with E-state index in [0.717, 1.165) is 27.0 Å². The zero-order valence-corrected chi connectivity index (χ0v) is 18.9. The van der Waals surface area contributed by atoms with E-state index in [0.29, 0.717) is 12.3 Å². The molecule has 4 rings (SSSR count). The van der Waals surface area contributed by atoms with Gasteiger partial charge in [-0.2, -0.15) is 4.98 Å².